The Labute approximate surface area is 248 Å². The molecule has 0 unspecified atom stereocenters. The molecular weight excluding hydrogens is 538 g/mol. The van der Waals surface area contributed by atoms with Gasteiger partial charge in [0.2, 0.25) is 0 Å². The van der Waals surface area contributed by atoms with Crippen LogP contribution in [-0.4, -0.2) is 38.3 Å². The number of carbonyl (C=O) groups excluding carboxylic acids is 2. The standard InChI is InChI=1S/C31H41N5O4S/c1-21(2)40-26(37)31(20-29(3,4)5,34-27(41)33-28(38)39-19-22-12-10-9-11-13-22)24-16-14-23(15-17-24)25-18-32-36(35-25)30(6,7)8/h9-18,21H,19-20H2,1-8H3,(H2,33,34,38,41)/t31-/m1/s1. The summed E-state index contributed by atoms with van der Waals surface area (Å²) < 4.78 is 11.1. The average molecular weight is 580 g/mol. The second-order valence-corrected chi connectivity index (χ2v) is 12.9. The quantitative estimate of drug-likeness (QED) is 0.244. The number of nitrogens with one attached hydrogen (secondary N) is 2. The van der Waals surface area contributed by atoms with Crippen LogP contribution >= 0.6 is 12.2 Å². The van der Waals surface area contributed by atoms with Gasteiger partial charge in [-0.2, -0.15) is 15.0 Å². The van der Waals surface area contributed by atoms with Gasteiger partial charge < -0.3 is 14.8 Å². The van der Waals surface area contributed by atoms with Crippen LogP contribution in [0.25, 0.3) is 11.3 Å². The molecule has 1 heterocycles. The van der Waals surface area contributed by atoms with Crippen molar-refractivity contribution in [1.29, 1.82) is 0 Å². The molecule has 0 saturated heterocycles. The van der Waals surface area contributed by atoms with Crippen molar-refractivity contribution in [3.63, 3.8) is 0 Å². The maximum atomic E-state index is 13.8. The summed E-state index contributed by atoms with van der Waals surface area (Å²) >= 11 is 5.52. The van der Waals surface area contributed by atoms with Crippen molar-refractivity contribution in [3.8, 4) is 11.3 Å². The predicted molar refractivity (Wildman–Crippen MR) is 163 cm³/mol. The number of hydrogen-bond acceptors (Lipinski definition) is 7. The third kappa shape index (κ3) is 8.85. The number of thiocarbonyl (C=S) groups is 1. The summed E-state index contributed by atoms with van der Waals surface area (Å²) in [7, 11) is 0. The summed E-state index contributed by atoms with van der Waals surface area (Å²) in [5, 5.41) is 14.6. The summed E-state index contributed by atoms with van der Waals surface area (Å²) in [6.07, 6.45) is 0.943. The molecule has 0 saturated carbocycles. The maximum Gasteiger partial charge on any atom is 0.413 e. The van der Waals surface area contributed by atoms with Crippen molar-refractivity contribution in [3.05, 3.63) is 71.9 Å². The molecule has 0 aliphatic carbocycles. The van der Waals surface area contributed by atoms with Gasteiger partial charge in [0, 0.05) is 5.56 Å². The summed E-state index contributed by atoms with van der Waals surface area (Å²) in [5.74, 6) is -0.504. The van der Waals surface area contributed by atoms with Gasteiger partial charge in [0.15, 0.2) is 10.7 Å². The lowest BCUT2D eigenvalue weighted by Crippen LogP contribution is -2.58. The number of amides is 1. The minimum absolute atomic E-state index is 0.0507. The minimum atomic E-state index is -1.39. The number of nitrogens with zero attached hydrogens (tertiary/aromatic N) is 3. The number of benzene rings is 2. The Morgan fingerprint density at radius 3 is 2.15 bits per heavy atom. The molecule has 3 rings (SSSR count). The second-order valence-electron chi connectivity index (χ2n) is 12.5. The molecule has 9 nitrogen and oxygen atoms in total. The number of hydrogen-bond donors (Lipinski definition) is 2. The third-order valence-corrected chi connectivity index (χ3v) is 6.21. The van der Waals surface area contributed by atoms with E-state index in [0.29, 0.717) is 17.7 Å². The van der Waals surface area contributed by atoms with Crippen LogP contribution in [0, 0.1) is 5.41 Å². The monoisotopic (exact) mass is 579 g/mol. The van der Waals surface area contributed by atoms with E-state index in [1.165, 1.54) is 0 Å². The van der Waals surface area contributed by atoms with E-state index in [1.54, 1.807) is 24.8 Å². The van der Waals surface area contributed by atoms with Crippen molar-refractivity contribution < 1.29 is 19.1 Å². The highest BCUT2D eigenvalue weighted by atomic mass is 32.1. The van der Waals surface area contributed by atoms with Crippen LogP contribution in [0.3, 0.4) is 0 Å². The van der Waals surface area contributed by atoms with Gasteiger partial charge in [-0.15, -0.1) is 0 Å². The van der Waals surface area contributed by atoms with Gasteiger partial charge >= 0.3 is 12.1 Å². The summed E-state index contributed by atoms with van der Waals surface area (Å²) in [5.41, 5.74) is 1.04. The third-order valence-electron chi connectivity index (χ3n) is 6.01. The van der Waals surface area contributed by atoms with E-state index in [4.69, 9.17) is 21.7 Å². The fourth-order valence-corrected chi connectivity index (χ4v) is 4.55. The zero-order valence-electron chi connectivity index (χ0n) is 25.1. The molecular formula is C31H41N5O4S. The van der Waals surface area contributed by atoms with Gasteiger partial charge in [-0.3, -0.25) is 5.32 Å². The smallest absolute Gasteiger partial charge is 0.413 e. The van der Waals surface area contributed by atoms with Crippen LogP contribution < -0.4 is 10.6 Å². The lowest BCUT2D eigenvalue weighted by Gasteiger charge is -2.39. The van der Waals surface area contributed by atoms with Crippen LogP contribution in [0.2, 0.25) is 0 Å². The van der Waals surface area contributed by atoms with E-state index in [1.807, 2.05) is 96.1 Å². The maximum absolute atomic E-state index is 13.8. The Morgan fingerprint density at radius 2 is 1.61 bits per heavy atom. The molecule has 0 spiro atoms. The average Bonchev–Trinajstić information content (AvgIpc) is 3.38. The number of carbonyl (C=O) groups is 2. The number of aromatic nitrogens is 3. The zero-order chi connectivity index (χ0) is 30.4. The zero-order valence-corrected chi connectivity index (χ0v) is 26.0. The van der Waals surface area contributed by atoms with Crippen molar-refractivity contribution in [2.24, 2.45) is 5.41 Å². The molecule has 0 fully saturated rings. The second kappa shape index (κ2) is 12.8. The number of ether oxygens (including phenoxy) is 2. The van der Waals surface area contributed by atoms with E-state index < -0.39 is 17.6 Å². The Balaban J connectivity index is 1.92. The molecule has 1 atom stereocenters. The molecule has 0 aliphatic heterocycles. The fraction of sp³-hybridized carbons (Fsp3) is 0.452. The van der Waals surface area contributed by atoms with Crippen molar-refractivity contribution in [2.75, 3.05) is 0 Å². The highest BCUT2D eigenvalue weighted by molar-refractivity contribution is 7.80. The lowest BCUT2D eigenvalue weighted by atomic mass is 9.75. The van der Waals surface area contributed by atoms with E-state index in [-0.39, 0.29) is 28.8 Å². The van der Waals surface area contributed by atoms with Crippen LogP contribution in [-0.2, 0) is 32.0 Å². The van der Waals surface area contributed by atoms with Crippen LogP contribution in [0.15, 0.2) is 60.8 Å². The van der Waals surface area contributed by atoms with E-state index in [0.717, 1.165) is 11.1 Å². The molecule has 2 aromatic carbocycles. The Bertz CT molecular complexity index is 1340. The highest BCUT2D eigenvalue weighted by Crippen LogP contribution is 2.37. The Kier molecular flexibility index (Phi) is 9.91. The molecule has 0 aliphatic rings. The SMILES string of the molecule is CC(C)OC(=O)[C@](CC(C)(C)C)(NC(=S)NC(=O)OCc1ccccc1)c1ccc(-c2cnn(C(C)(C)C)n2)cc1. The number of alkyl carbamates (subject to hydrolysis) is 1. The van der Waals surface area contributed by atoms with Crippen LogP contribution in [0.4, 0.5) is 4.79 Å². The van der Waals surface area contributed by atoms with Crippen molar-refractivity contribution in [1.82, 2.24) is 25.6 Å². The van der Waals surface area contributed by atoms with Gasteiger partial charge in [-0.1, -0.05) is 75.4 Å². The normalized spacial score (nSPS) is 13.3. The first-order valence-corrected chi connectivity index (χ1v) is 14.0. The van der Waals surface area contributed by atoms with Gasteiger partial charge in [-0.25, -0.2) is 9.59 Å². The first-order valence-electron chi connectivity index (χ1n) is 13.6. The Morgan fingerprint density at radius 1 is 0.976 bits per heavy atom. The first-order chi connectivity index (χ1) is 19.1. The van der Waals surface area contributed by atoms with Gasteiger partial charge in [0.1, 0.15) is 12.3 Å². The molecule has 1 amide bonds. The van der Waals surface area contributed by atoms with E-state index >= 15 is 0 Å². The first kappa shape index (κ1) is 31.7. The van der Waals surface area contributed by atoms with Crippen molar-refractivity contribution >= 4 is 29.4 Å². The Hall–Kier alpha value is -3.79. The van der Waals surface area contributed by atoms with E-state index in [2.05, 4.69) is 20.8 Å². The van der Waals surface area contributed by atoms with Crippen molar-refractivity contribution in [2.45, 2.75) is 85.6 Å². The van der Waals surface area contributed by atoms with Crippen LogP contribution in [0.1, 0.15) is 72.9 Å². The van der Waals surface area contributed by atoms with Gasteiger partial charge in [0.05, 0.1) is 17.8 Å². The molecule has 3 aromatic rings. The predicted octanol–water partition coefficient (Wildman–Crippen LogP) is 6.08. The summed E-state index contributed by atoms with van der Waals surface area (Å²) in [6, 6.07) is 16.8. The summed E-state index contributed by atoms with van der Waals surface area (Å²) in [4.78, 5) is 28.1. The minimum Gasteiger partial charge on any atom is -0.461 e. The number of rotatable bonds is 8. The molecule has 0 bridgehead atoms. The van der Waals surface area contributed by atoms with Gasteiger partial charge in [-0.05, 0) is 69.8 Å². The molecule has 2 N–H and O–H groups in total. The fourth-order valence-electron chi connectivity index (χ4n) is 4.29. The van der Waals surface area contributed by atoms with Gasteiger partial charge in [0.25, 0.3) is 0 Å². The molecule has 1 aromatic heterocycles. The van der Waals surface area contributed by atoms with E-state index in [9.17, 15) is 9.59 Å². The molecule has 10 heteroatoms. The number of esters is 1. The molecule has 0 radical (unpaired) electrons. The lowest BCUT2D eigenvalue weighted by molar-refractivity contribution is -0.157. The van der Waals surface area contributed by atoms with Crippen LogP contribution in [0.5, 0.6) is 0 Å². The molecule has 220 valence electrons. The molecule has 41 heavy (non-hydrogen) atoms. The summed E-state index contributed by atoms with van der Waals surface area (Å²) in [6.45, 7) is 15.8. The topological polar surface area (TPSA) is 107 Å². The highest BCUT2D eigenvalue weighted by Gasteiger charge is 2.46. The largest absolute Gasteiger partial charge is 0.461 e.